The third-order valence-corrected chi connectivity index (χ3v) is 5.03. The number of nitrogens with zero attached hydrogens (tertiary/aromatic N) is 4. The van der Waals surface area contributed by atoms with E-state index in [0.717, 1.165) is 48.1 Å². The van der Waals surface area contributed by atoms with Gasteiger partial charge in [0, 0.05) is 17.8 Å². The van der Waals surface area contributed by atoms with Crippen molar-refractivity contribution in [3.8, 4) is 11.1 Å². The maximum Gasteiger partial charge on any atom is 0.146 e. The fourth-order valence-corrected chi connectivity index (χ4v) is 3.57. The van der Waals surface area contributed by atoms with Crippen molar-refractivity contribution in [1.82, 2.24) is 19.4 Å². The molecule has 0 atom stereocenters. The van der Waals surface area contributed by atoms with Gasteiger partial charge in [0.2, 0.25) is 0 Å². The molecule has 1 fully saturated rings. The molecule has 4 rings (SSSR count). The predicted molar refractivity (Wildman–Crippen MR) is 97.5 cm³/mol. The molecule has 0 unspecified atom stereocenters. The number of benzene rings is 1. The average Bonchev–Trinajstić information content (AvgIpc) is 2.99. The molecule has 25 heavy (non-hydrogen) atoms. The molecule has 0 amide bonds. The summed E-state index contributed by atoms with van der Waals surface area (Å²) in [4.78, 5) is 10.9. The van der Waals surface area contributed by atoms with E-state index in [4.69, 9.17) is 11.5 Å². The molecule has 1 aliphatic heterocycles. The van der Waals surface area contributed by atoms with Gasteiger partial charge in [-0.2, -0.15) is 0 Å². The highest BCUT2D eigenvalue weighted by Gasteiger charge is 2.23. The molecule has 3 aromatic rings. The van der Waals surface area contributed by atoms with E-state index < -0.39 is 5.82 Å². The largest absolute Gasteiger partial charge is 0.396 e. The third-order valence-electron chi connectivity index (χ3n) is 5.03. The van der Waals surface area contributed by atoms with Crippen molar-refractivity contribution >= 4 is 22.5 Å². The molecule has 4 N–H and O–H groups in total. The van der Waals surface area contributed by atoms with E-state index in [0.29, 0.717) is 11.9 Å². The molecule has 1 aliphatic rings. The lowest BCUT2D eigenvalue weighted by Crippen LogP contribution is -2.31. The van der Waals surface area contributed by atoms with Gasteiger partial charge in [0.1, 0.15) is 23.6 Å². The van der Waals surface area contributed by atoms with Crippen LogP contribution in [-0.2, 0) is 0 Å². The second kappa shape index (κ2) is 6.00. The molecule has 0 saturated carbocycles. The van der Waals surface area contributed by atoms with Gasteiger partial charge in [-0.3, -0.25) is 0 Å². The molecule has 3 heterocycles. The highest BCUT2D eigenvalue weighted by atomic mass is 19.1. The number of aromatic nitrogens is 3. The Morgan fingerprint density at radius 2 is 1.92 bits per heavy atom. The van der Waals surface area contributed by atoms with Crippen LogP contribution in [0, 0.1) is 5.82 Å². The van der Waals surface area contributed by atoms with E-state index >= 15 is 0 Å². The molecule has 0 radical (unpaired) electrons. The molecular weight excluding hydrogens is 319 g/mol. The summed E-state index contributed by atoms with van der Waals surface area (Å²) in [6.45, 7) is 2.08. The summed E-state index contributed by atoms with van der Waals surface area (Å²) in [6, 6.07) is 5.16. The van der Waals surface area contributed by atoms with Crippen LogP contribution in [0.25, 0.3) is 22.2 Å². The lowest BCUT2D eigenvalue weighted by Gasteiger charge is -2.30. The Kier molecular flexibility index (Phi) is 3.80. The van der Waals surface area contributed by atoms with Crippen LogP contribution in [0.4, 0.5) is 15.9 Å². The van der Waals surface area contributed by atoms with Crippen LogP contribution in [0.2, 0.25) is 0 Å². The lowest BCUT2D eigenvalue weighted by atomic mass is 10.1. The predicted octanol–water partition coefficient (Wildman–Crippen LogP) is 2.67. The van der Waals surface area contributed by atoms with Crippen LogP contribution in [0.1, 0.15) is 18.9 Å². The second-order valence-corrected chi connectivity index (χ2v) is 6.68. The molecule has 0 aliphatic carbocycles. The van der Waals surface area contributed by atoms with Crippen molar-refractivity contribution in [3.63, 3.8) is 0 Å². The summed E-state index contributed by atoms with van der Waals surface area (Å²) >= 11 is 0. The number of hydrogen-bond donors (Lipinski definition) is 2. The van der Waals surface area contributed by atoms with Crippen LogP contribution >= 0.6 is 0 Å². The first-order valence-corrected chi connectivity index (χ1v) is 8.39. The number of hydrogen-bond acceptors (Lipinski definition) is 5. The van der Waals surface area contributed by atoms with Crippen molar-refractivity contribution in [2.45, 2.75) is 18.9 Å². The Morgan fingerprint density at radius 3 is 2.64 bits per heavy atom. The van der Waals surface area contributed by atoms with Crippen LogP contribution in [-0.4, -0.2) is 39.6 Å². The van der Waals surface area contributed by atoms with Gasteiger partial charge < -0.3 is 20.9 Å². The van der Waals surface area contributed by atoms with Crippen LogP contribution in [0.15, 0.2) is 30.7 Å². The monoisotopic (exact) mass is 340 g/mol. The normalized spacial score (nSPS) is 16.6. The maximum atomic E-state index is 14.0. The Bertz CT molecular complexity index is 927. The van der Waals surface area contributed by atoms with Crippen molar-refractivity contribution in [2.75, 3.05) is 31.6 Å². The van der Waals surface area contributed by atoms with Gasteiger partial charge in [0.15, 0.2) is 0 Å². The van der Waals surface area contributed by atoms with Gasteiger partial charge >= 0.3 is 0 Å². The molecule has 2 aromatic heterocycles. The molecule has 0 bridgehead atoms. The first-order valence-electron chi connectivity index (χ1n) is 8.39. The Morgan fingerprint density at radius 1 is 1.16 bits per heavy atom. The van der Waals surface area contributed by atoms with E-state index in [1.165, 1.54) is 12.4 Å². The van der Waals surface area contributed by atoms with E-state index in [1.807, 2.05) is 6.20 Å². The highest BCUT2D eigenvalue weighted by molar-refractivity contribution is 6.00. The number of nitrogens with two attached hydrogens (primary N) is 2. The van der Waals surface area contributed by atoms with Gasteiger partial charge in [-0.25, -0.2) is 14.4 Å². The molecular formula is C18H21FN6. The minimum absolute atomic E-state index is 0.132. The zero-order chi connectivity index (χ0) is 17.6. The number of piperidine rings is 1. The summed E-state index contributed by atoms with van der Waals surface area (Å²) < 4.78 is 16.1. The molecule has 6 nitrogen and oxygen atoms in total. The lowest BCUT2D eigenvalue weighted by molar-refractivity contribution is 0.224. The van der Waals surface area contributed by atoms with Gasteiger partial charge in [-0.15, -0.1) is 0 Å². The molecule has 1 saturated heterocycles. The minimum atomic E-state index is -0.437. The van der Waals surface area contributed by atoms with Crippen molar-refractivity contribution in [1.29, 1.82) is 0 Å². The van der Waals surface area contributed by atoms with Crippen molar-refractivity contribution in [3.05, 3.63) is 36.5 Å². The SMILES string of the molecule is CN1CCC(n2cc(-c3ccc(N)c(F)c3)c3c(N)ncnc32)CC1. The summed E-state index contributed by atoms with van der Waals surface area (Å²) in [7, 11) is 2.13. The van der Waals surface area contributed by atoms with Gasteiger partial charge in [-0.1, -0.05) is 6.07 Å². The number of nitrogen functional groups attached to an aromatic ring is 2. The first kappa shape index (κ1) is 15.8. The molecule has 130 valence electrons. The van der Waals surface area contributed by atoms with Crippen molar-refractivity contribution < 1.29 is 4.39 Å². The smallest absolute Gasteiger partial charge is 0.146 e. The Labute approximate surface area is 145 Å². The van der Waals surface area contributed by atoms with E-state index in [-0.39, 0.29) is 5.69 Å². The fraction of sp³-hybridized carbons (Fsp3) is 0.333. The topological polar surface area (TPSA) is 86.0 Å². The molecule has 1 aromatic carbocycles. The average molecular weight is 340 g/mol. The Balaban J connectivity index is 1.88. The molecule has 7 heteroatoms. The van der Waals surface area contributed by atoms with Gasteiger partial charge in [-0.05, 0) is 50.7 Å². The van der Waals surface area contributed by atoms with Gasteiger partial charge in [0.25, 0.3) is 0 Å². The number of fused-ring (bicyclic) bond motifs is 1. The van der Waals surface area contributed by atoms with Crippen LogP contribution in [0.3, 0.4) is 0 Å². The zero-order valence-corrected chi connectivity index (χ0v) is 14.1. The number of likely N-dealkylation sites (tertiary alicyclic amines) is 1. The van der Waals surface area contributed by atoms with E-state index in [1.54, 1.807) is 12.1 Å². The van der Waals surface area contributed by atoms with E-state index in [9.17, 15) is 4.39 Å². The van der Waals surface area contributed by atoms with Crippen molar-refractivity contribution in [2.24, 2.45) is 0 Å². The molecule has 0 spiro atoms. The summed E-state index contributed by atoms with van der Waals surface area (Å²) in [5.74, 6) is -0.0305. The highest BCUT2D eigenvalue weighted by Crippen LogP contribution is 2.37. The number of halogens is 1. The van der Waals surface area contributed by atoms with E-state index in [2.05, 4.69) is 26.5 Å². The van der Waals surface area contributed by atoms with Gasteiger partial charge in [0.05, 0.1) is 11.1 Å². The fourth-order valence-electron chi connectivity index (χ4n) is 3.57. The minimum Gasteiger partial charge on any atom is -0.396 e. The first-order chi connectivity index (χ1) is 12.0. The number of anilines is 2. The standard InChI is InChI=1S/C18H21FN6/c1-24-6-4-12(5-7-24)25-9-13(11-2-3-15(20)14(19)8-11)16-17(21)22-10-23-18(16)25/h2-3,8-10,12H,4-7,20H2,1H3,(H2,21,22,23). The van der Waals surface area contributed by atoms with Crippen LogP contribution in [0.5, 0.6) is 0 Å². The maximum absolute atomic E-state index is 14.0. The third kappa shape index (κ3) is 2.70. The van der Waals surface area contributed by atoms with Crippen LogP contribution < -0.4 is 11.5 Å². The summed E-state index contributed by atoms with van der Waals surface area (Å²) in [5, 5.41) is 0.769. The quantitative estimate of drug-likeness (QED) is 0.701. The zero-order valence-electron chi connectivity index (χ0n) is 14.1. The number of rotatable bonds is 2. The summed E-state index contributed by atoms with van der Waals surface area (Å²) in [6.07, 6.45) is 5.59. The second-order valence-electron chi connectivity index (χ2n) is 6.68. The Hall–Kier alpha value is -2.67. The summed E-state index contributed by atoms with van der Waals surface area (Å²) in [5.41, 5.74) is 14.2.